The molecule has 5 nitrogen and oxygen atoms in total. The number of amides is 2. The third-order valence-electron chi connectivity index (χ3n) is 3.59. The van der Waals surface area contributed by atoms with E-state index >= 15 is 0 Å². The number of nitrogens with zero attached hydrogens (tertiary/aromatic N) is 2. The van der Waals surface area contributed by atoms with Gasteiger partial charge >= 0.3 is 0 Å². The highest BCUT2D eigenvalue weighted by Gasteiger charge is 2.30. The molecule has 1 aliphatic heterocycles. The minimum Gasteiger partial charge on any atom is -0.335 e. The van der Waals surface area contributed by atoms with Crippen LogP contribution in [0.4, 0.5) is 8.78 Å². The van der Waals surface area contributed by atoms with E-state index in [1.807, 2.05) is 0 Å². The zero-order valence-corrected chi connectivity index (χ0v) is 11.9. The van der Waals surface area contributed by atoms with Gasteiger partial charge in [0.2, 0.25) is 11.8 Å². The van der Waals surface area contributed by atoms with E-state index in [2.05, 4.69) is 5.32 Å². The minimum atomic E-state index is -0.940. The first-order valence-electron chi connectivity index (χ1n) is 6.57. The van der Waals surface area contributed by atoms with Gasteiger partial charge in [0.15, 0.2) is 11.6 Å². The maximum absolute atomic E-state index is 13.8. The van der Waals surface area contributed by atoms with Crippen molar-refractivity contribution in [1.29, 1.82) is 0 Å². The van der Waals surface area contributed by atoms with Gasteiger partial charge in [-0.3, -0.25) is 9.59 Å². The van der Waals surface area contributed by atoms with Crippen LogP contribution < -0.4 is 5.32 Å². The van der Waals surface area contributed by atoms with Crippen molar-refractivity contribution in [2.24, 2.45) is 0 Å². The van der Waals surface area contributed by atoms with E-state index in [-0.39, 0.29) is 37.0 Å². The third-order valence-corrected chi connectivity index (χ3v) is 3.59. The molecule has 0 aromatic heterocycles. The Labute approximate surface area is 121 Å². The zero-order chi connectivity index (χ0) is 15.6. The quantitative estimate of drug-likeness (QED) is 0.882. The largest absolute Gasteiger partial charge is 0.335 e. The Balaban J connectivity index is 2.17. The average Bonchev–Trinajstić information content (AvgIpc) is 2.45. The number of hydrogen-bond donors (Lipinski definition) is 1. The van der Waals surface area contributed by atoms with Crippen LogP contribution in [0, 0.1) is 11.6 Å². The van der Waals surface area contributed by atoms with Crippen LogP contribution in [0.5, 0.6) is 0 Å². The van der Waals surface area contributed by atoms with Gasteiger partial charge in [-0.1, -0.05) is 12.1 Å². The van der Waals surface area contributed by atoms with Crippen molar-refractivity contribution in [3.05, 3.63) is 35.4 Å². The summed E-state index contributed by atoms with van der Waals surface area (Å²) in [5, 5.41) is 2.85. The molecule has 1 N–H and O–H groups in total. The van der Waals surface area contributed by atoms with Gasteiger partial charge < -0.3 is 15.1 Å². The van der Waals surface area contributed by atoms with Crippen LogP contribution in [0.1, 0.15) is 11.6 Å². The van der Waals surface area contributed by atoms with Crippen molar-refractivity contribution < 1.29 is 18.4 Å². The molecule has 1 unspecified atom stereocenters. The molecule has 7 heteroatoms. The van der Waals surface area contributed by atoms with Gasteiger partial charge in [-0.25, -0.2) is 8.78 Å². The fourth-order valence-corrected chi connectivity index (χ4v) is 2.28. The minimum absolute atomic E-state index is 0.000893. The van der Waals surface area contributed by atoms with Crippen LogP contribution in [-0.2, 0) is 9.59 Å². The lowest BCUT2D eigenvalue weighted by molar-refractivity contribution is -0.149. The molecule has 0 aliphatic carbocycles. The van der Waals surface area contributed by atoms with E-state index in [0.717, 1.165) is 6.07 Å². The van der Waals surface area contributed by atoms with Crippen LogP contribution in [0.15, 0.2) is 18.2 Å². The van der Waals surface area contributed by atoms with Crippen LogP contribution in [-0.4, -0.2) is 55.3 Å². The Kier molecular flexibility index (Phi) is 4.52. The highest BCUT2D eigenvalue weighted by Crippen LogP contribution is 2.21. The van der Waals surface area contributed by atoms with E-state index in [0.29, 0.717) is 0 Å². The molecule has 1 heterocycles. The number of carbonyl (C=O) groups is 2. The molecule has 1 saturated heterocycles. The third kappa shape index (κ3) is 3.18. The second kappa shape index (κ2) is 6.17. The Morgan fingerprint density at radius 3 is 2.62 bits per heavy atom. The average molecular weight is 297 g/mol. The lowest BCUT2D eigenvalue weighted by Crippen LogP contribution is -2.53. The summed E-state index contributed by atoms with van der Waals surface area (Å²) < 4.78 is 27.1. The van der Waals surface area contributed by atoms with Gasteiger partial charge in [-0.05, 0) is 13.1 Å². The van der Waals surface area contributed by atoms with Crippen molar-refractivity contribution in [2.45, 2.75) is 6.04 Å². The molecular weight excluding hydrogens is 280 g/mol. The van der Waals surface area contributed by atoms with E-state index in [1.54, 1.807) is 14.1 Å². The highest BCUT2D eigenvalue weighted by molar-refractivity contribution is 5.92. The SMILES string of the molecule is CNC(CN1CC(=O)N(C)CC1=O)c1cccc(F)c1F. The van der Waals surface area contributed by atoms with Crippen LogP contribution in [0.25, 0.3) is 0 Å². The summed E-state index contributed by atoms with van der Waals surface area (Å²) in [4.78, 5) is 26.3. The van der Waals surface area contributed by atoms with E-state index in [9.17, 15) is 18.4 Å². The standard InChI is InChI=1S/C14H17F2N3O2/c1-17-11(9-4-3-5-10(15)14(9)16)6-19-8-12(20)18(2)7-13(19)21/h3-5,11,17H,6-8H2,1-2H3. The molecule has 0 saturated carbocycles. The van der Waals surface area contributed by atoms with Crippen LogP contribution >= 0.6 is 0 Å². The second-order valence-electron chi connectivity index (χ2n) is 5.01. The molecule has 2 amide bonds. The molecule has 0 spiro atoms. The van der Waals surface area contributed by atoms with Gasteiger partial charge in [-0.2, -0.15) is 0 Å². The maximum atomic E-state index is 13.8. The summed E-state index contributed by atoms with van der Waals surface area (Å²) in [6.45, 7) is 0.0562. The number of rotatable bonds is 4. The van der Waals surface area contributed by atoms with E-state index in [4.69, 9.17) is 0 Å². The first-order chi connectivity index (χ1) is 9.93. The van der Waals surface area contributed by atoms with Gasteiger partial charge in [-0.15, -0.1) is 0 Å². The number of halogens is 2. The number of carbonyl (C=O) groups excluding carboxylic acids is 2. The lowest BCUT2D eigenvalue weighted by atomic mass is 10.0. The maximum Gasteiger partial charge on any atom is 0.242 e. The monoisotopic (exact) mass is 297 g/mol. The molecule has 0 radical (unpaired) electrons. The molecule has 114 valence electrons. The van der Waals surface area contributed by atoms with Crippen LogP contribution in [0.2, 0.25) is 0 Å². The summed E-state index contributed by atoms with van der Waals surface area (Å²) in [6.07, 6.45) is 0. The first-order valence-corrected chi connectivity index (χ1v) is 6.57. The number of piperazine rings is 1. The number of hydrogen-bond acceptors (Lipinski definition) is 3. The predicted octanol–water partition coefficient (Wildman–Crippen LogP) is 0.526. The smallest absolute Gasteiger partial charge is 0.242 e. The first kappa shape index (κ1) is 15.4. The predicted molar refractivity (Wildman–Crippen MR) is 72.4 cm³/mol. The topological polar surface area (TPSA) is 52.7 Å². The van der Waals surface area contributed by atoms with Gasteiger partial charge in [0.05, 0.1) is 19.1 Å². The van der Waals surface area contributed by atoms with Gasteiger partial charge in [0.1, 0.15) is 0 Å². The Hall–Kier alpha value is -2.02. The Bertz CT molecular complexity index is 565. The summed E-state index contributed by atoms with van der Waals surface area (Å²) in [7, 11) is 3.15. The Morgan fingerprint density at radius 1 is 1.24 bits per heavy atom. The summed E-state index contributed by atoms with van der Waals surface area (Å²) in [6, 6.07) is 3.33. The molecule has 1 aromatic carbocycles. The van der Waals surface area contributed by atoms with Crippen molar-refractivity contribution in [2.75, 3.05) is 33.7 Å². The van der Waals surface area contributed by atoms with Crippen LogP contribution in [0.3, 0.4) is 0 Å². The van der Waals surface area contributed by atoms with Gasteiger partial charge in [0.25, 0.3) is 0 Å². The van der Waals surface area contributed by atoms with E-state index < -0.39 is 17.7 Å². The molecule has 1 atom stereocenters. The van der Waals surface area contributed by atoms with Crippen molar-refractivity contribution in [1.82, 2.24) is 15.1 Å². The lowest BCUT2D eigenvalue weighted by Gasteiger charge is -2.34. The second-order valence-corrected chi connectivity index (χ2v) is 5.01. The molecule has 1 aliphatic rings. The fraction of sp³-hybridized carbons (Fsp3) is 0.429. The molecular formula is C14H17F2N3O2. The van der Waals surface area contributed by atoms with Crippen molar-refractivity contribution in [3.8, 4) is 0 Å². The molecule has 1 fully saturated rings. The number of likely N-dealkylation sites (N-methyl/N-ethyl adjacent to an activating group) is 2. The van der Waals surface area contributed by atoms with Crippen molar-refractivity contribution >= 4 is 11.8 Å². The fourth-order valence-electron chi connectivity index (χ4n) is 2.28. The van der Waals surface area contributed by atoms with E-state index in [1.165, 1.54) is 21.9 Å². The Morgan fingerprint density at radius 2 is 1.95 bits per heavy atom. The summed E-state index contributed by atoms with van der Waals surface area (Å²) in [5.41, 5.74) is 0.136. The molecule has 1 aromatic rings. The number of benzene rings is 1. The highest BCUT2D eigenvalue weighted by atomic mass is 19.2. The molecule has 2 rings (SSSR count). The zero-order valence-electron chi connectivity index (χ0n) is 11.9. The molecule has 0 bridgehead atoms. The summed E-state index contributed by atoms with van der Waals surface area (Å²) >= 11 is 0. The number of nitrogens with one attached hydrogen (secondary N) is 1. The van der Waals surface area contributed by atoms with Crippen molar-refractivity contribution in [3.63, 3.8) is 0 Å². The summed E-state index contributed by atoms with van der Waals surface area (Å²) in [5.74, 6) is -2.27. The molecule has 21 heavy (non-hydrogen) atoms. The van der Waals surface area contributed by atoms with Gasteiger partial charge in [0, 0.05) is 19.2 Å². The normalized spacial score (nSPS) is 17.3.